The number of piperazine rings is 1. The molecule has 0 radical (unpaired) electrons. The van der Waals surface area contributed by atoms with E-state index in [9.17, 15) is 4.79 Å². The summed E-state index contributed by atoms with van der Waals surface area (Å²) in [6.45, 7) is 3.04. The molecular formula is C23H29ClN6O3. The number of rotatable bonds is 6. The van der Waals surface area contributed by atoms with Gasteiger partial charge in [-0.05, 0) is 18.1 Å². The van der Waals surface area contributed by atoms with Crippen LogP contribution in [0.5, 0.6) is 11.5 Å². The van der Waals surface area contributed by atoms with Gasteiger partial charge in [-0.25, -0.2) is 9.78 Å². The minimum atomic E-state index is -0.0450. The highest BCUT2D eigenvalue weighted by Gasteiger charge is 2.23. The summed E-state index contributed by atoms with van der Waals surface area (Å²) < 4.78 is 10.7. The van der Waals surface area contributed by atoms with E-state index in [0.717, 1.165) is 6.42 Å². The van der Waals surface area contributed by atoms with Crippen molar-refractivity contribution in [1.82, 2.24) is 20.2 Å². The van der Waals surface area contributed by atoms with Crippen LogP contribution in [0.1, 0.15) is 5.56 Å². The van der Waals surface area contributed by atoms with E-state index in [2.05, 4.69) is 27.4 Å². The summed E-state index contributed by atoms with van der Waals surface area (Å²) in [7, 11) is 3.16. The van der Waals surface area contributed by atoms with E-state index in [4.69, 9.17) is 15.2 Å². The Labute approximate surface area is 199 Å². The second-order valence-electron chi connectivity index (χ2n) is 7.57. The van der Waals surface area contributed by atoms with Crippen LogP contribution in [0.25, 0.3) is 10.9 Å². The average molecular weight is 473 g/mol. The van der Waals surface area contributed by atoms with Crippen molar-refractivity contribution in [3.05, 3.63) is 48.0 Å². The first-order valence-electron chi connectivity index (χ1n) is 10.6. The number of halogens is 1. The van der Waals surface area contributed by atoms with Crippen LogP contribution in [-0.4, -0.2) is 67.8 Å². The van der Waals surface area contributed by atoms with E-state index in [1.54, 1.807) is 26.4 Å². The van der Waals surface area contributed by atoms with Gasteiger partial charge in [-0.3, -0.25) is 0 Å². The molecule has 176 valence electrons. The van der Waals surface area contributed by atoms with Crippen molar-refractivity contribution >= 4 is 41.1 Å². The summed E-state index contributed by atoms with van der Waals surface area (Å²) in [5, 5.41) is 3.71. The van der Waals surface area contributed by atoms with Gasteiger partial charge in [0.2, 0.25) is 5.95 Å². The molecule has 0 spiro atoms. The van der Waals surface area contributed by atoms with Gasteiger partial charge in [0.25, 0.3) is 0 Å². The molecule has 1 aliphatic rings. The number of benzene rings is 2. The molecule has 1 saturated heterocycles. The smallest absolute Gasteiger partial charge is 0.317 e. The number of ether oxygens (including phenoxy) is 2. The number of nitrogen functional groups attached to an aromatic ring is 1. The Bertz CT molecular complexity index is 1090. The third kappa shape index (κ3) is 5.48. The molecule has 1 aromatic heterocycles. The van der Waals surface area contributed by atoms with Gasteiger partial charge in [-0.1, -0.05) is 30.3 Å². The number of amides is 2. The molecule has 1 aliphatic heterocycles. The second-order valence-corrected chi connectivity index (χ2v) is 7.57. The third-order valence-electron chi connectivity index (χ3n) is 5.60. The highest BCUT2D eigenvalue weighted by atomic mass is 35.5. The summed E-state index contributed by atoms with van der Waals surface area (Å²) >= 11 is 0. The van der Waals surface area contributed by atoms with Gasteiger partial charge in [0.1, 0.15) is 5.82 Å². The summed E-state index contributed by atoms with van der Waals surface area (Å²) in [5.41, 5.74) is 8.10. The van der Waals surface area contributed by atoms with Gasteiger partial charge < -0.3 is 30.3 Å². The van der Waals surface area contributed by atoms with E-state index in [1.807, 2.05) is 28.0 Å². The van der Waals surface area contributed by atoms with Crippen molar-refractivity contribution in [2.24, 2.45) is 0 Å². The van der Waals surface area contributed by atoms with Gasteiger partial charge >= 0.3 is 6.03 Å². The molecular weight excluding hydrogens is 444 g/mol. The van der Waals surface area contributed by atoms with Crippen LogP contribution >= 0.6 is 12.4 Å². The zero-order valence-electron chi connectivity index (χ0n) is 18.8. The summed E-state index contributed by atoms with van der Waals surface area (Å²) in [4.78, 5) is 25.5. The van der Waals surface area contributed by atoms with Gasteiger partial charge in [0.05, 0.1) is 19.7 Å². The van der Waals surface area contributed by atoms with E-state index < -0.39 is 0 Å². The molecule has 3 N–H and O–H groups in total. The number of carbonyl (C=O) groups excluding carboxylic acids is 1. The van der Waals surface area contributed by atoms with Gasteiger partial charge in [-0.15, -0.1) is 12.4 Å². The van der Waals surface area contributed by atoms with Gasteiger partial charge in [-0.2, -0.15) is 4.98 Å². The van der Waals surface area contributed by atoms with Crippen LogP contribution in [0.4, 0.5) is 16.6 Å². The highest BCUT2D eigenvalue weighted by molar-refractivity contribution is 5.91. The van der Waals surface area contributed by atoms with Crippen molar-refractivity contribution in [3.8, 4) is 11.5 Å². The summed E-state index contributed by atoms with van der Waals surface area (Å²) in [6.07, 6.45) is 0.811. The fourth-order valence-corrected chi connectivity index (χ4v) is 3.79. The number of aromatic nitrogens is 2. The predicted molar refractivity (Wildman–Crippen MR) is 132 cm³/mol. The van der Waals surface area contributed by atoms with Gasteiger partial charge in [0.15, 0.2) is 11.5 Å². The standard InChI is InChI=1S/C23H28N6O3.ClH/c1-31-19-14-17-18(15-20(19)32-2)26-22(27-21(17)24)28-10-12-29(13-11-28)23(30)25-9-8-16-6-4-3-5-7-16;/h3-7,14-15H,8-13H2,1-2H3,(H,25,30)(H2,24,26,27);1H. The van der Waals surface area contributed by atoms with Crippen LogP contribution in [-0.2, 0) is 6.42 Å². The van der Waals surface area contributed by atoms with Crippen LogP contribution < -0.4 is 25.4 Å². The Morgan fingerprint density at radius 1 is 1.03 bits per heavy atom. The van der Waals surface area contributed by atoms with Crippen molar-refractivity contribution in [3.63, 3.8) is 0 Å². The number of fused-ring (bicyclic) bond motifs is 1. The number of nitrogens with two attached hydrogens (primary N) is 1. The Hall–Kier alpha value is -3.46. The lowest BCUT2D eigenvalue weighted by atomic mass is 10.1. The van der Waals surface area contributed by atoms with Crippen molar-refractivity contribution in [2.75, 3.05) is 57.6 Å². The Morgan fingerprint density at radius 3 is 2.36 bits per heavy atom. The molecule has 2 amide bonds. The number of urea groups is 1. The number of anilines is 2. The molecule has 10 heteroatoms. The molecule has 0 saturated carbocycles. The fourth-order valence-electron chi connectivity index (χ4n) is 3.79. The Morgan fingerprint density at radius 2 is 1.70 bits per heavy atom. The number of carbonyl (C=O) groups is 1. The average Bonchev–Trinajstić information content (AvgIpc) is 2.84. The van der Waals surface area contributed by atoms with Crippen LogP contribution in [0.15, 0.2) is 42.5 Å². The first-order valence-corrected chi connectivity index (χ1v) is 10.6. The minimum absolute atomic E-state index is 0. The Kier molecular flexibility index (Phi) is 8.00. The number of nitrogens with zero attached hydrogens (tertiary/aromatic N) is 4. The van der Waals surface area contributed by atoms with E-state index >= 15 is 0 Å². The topological polar surface area (TPSA) is 106 Å². The molecule has 0 unspecified atom stereocenters. The lowest BCUT2D eigenvalue weighted by Gasteiger charge is -2.34. The van der Waals surface area contributed by atoms with Gasteiger partial charge in [0, 0.05) is 44.2 Å². The molecule has 0 bridgehead atoms. The molecule has 0 atom stereocenters. The van der Waals surface area contributed by atoms with E-state index in [1.165, 1.54) is 5.56 Å². The zero-order valence-corrected chi connectivity index (χ0v) is 19.6. The monoisotopic (exact) mass is 472 g/mol. The molecule has 33 heavy (non-hydrogen) atoms. The highest BCUT2D eigenvalue weighted by Crippen LogP contribution is 2.34. The maximum absolute atomic E-state index is 12.5. The van der Waals surface area contributed by atoms with Crippen LogP contribution in [0.2, 0.25) is 0 Å². The second kappa shape index (κ2) is 10.9. The summed E-state index contributed by atoms with van der Waals surface area (Å²) in [5.74, 6) is 2.09. The number of hydrogen-bond acceptors (Lipinski definition) is 7. The lowest BCUT2D eigenvalue weighted by Crippen LogP contribution is -2.52. The number of nitrogens with one attached hydrogen (secondary N) is 1. The number of methoxy groups -OCH3 is 2. The summed E-state index contributed by atoms with van der Waals surface area (Å²) in [6, 6.07) is 13.7. The van der Waals surface area contributed by atoms with E-state index in [0.29, 0.717) is 66.9 Å². The van der Waals surface area contributed by atoms with Crippen molar-refractivity contribution in [1.29, 1.82) is 0 Å². The SMILES string of the molecule is COc1cc2nc(N3CCN(C(=O)NCCc4ccccc4)CC3)nc(N)c2cc1OC.Cl. The molecule has 2 aromatic carbocycles. The van der Waals surface area contributed by atoms with Crippen molar-refractivity contribution < 1.29 is 14.3 Å². The fraction of sp³-hybridized carbons (Fsp3) is 0.348. The van der Waals surface area contributed by atoms with Crippen LogP contribution in [0, 0.1) is 0 Å². The molecule has 2 heterocycles. The normalized spacial score (nSPS) is 13.4. The zero-order chi connectivity index (χ0) is 22.5. The largest absolute Gasteiger partial charge is 0.493 e. The minimum Gasteiger partial charge on any atom is -0.493 e. The first kappa shape index (κ1) is 24.2. The molecule has 1 fully saturated rings. The first-order chi connectivity index (χ1) is 15.6. The van der Waals surface area contributed by atoms with Crippen LogP contribution in [0.3, 0.4) is 0 Å². The van der Waals surface area contributed by atoms with Crippen molar-refractivity contribution in [2.45, 2.75) is 6.42 Å². The quantitative estimate of drug-likeness (QED) is 0.568. The maximum atomic E-state index is 12.5. The lowest BCUT2D eigenvalue weighted by molar-refractivity contribution is 0.194. The predicted octanol–water partition coefficient (Wildman–Crippen LogP) is 2.73. The maximum Gasteiger partial charge on any atom is 0.317 e. The number of hydrogen-bond donors (Lipinski definition) is 2. The molecule has 4 rings (SSSR count). The molecule has 3 aromatic rings. The van der Waals surface area contributed by atoms with E-state index in [-0.39, 0.29) is 18.4 Å². The Balaban J connectivity index is 0.00000306. The third-order valence-corrected chi connectivity index (χ3v) is 5.60. The molecule has 0 aliphatic carbocycles. The molecule has 9 nitrogen and oxygen atoms in total.